The Morgan fingerprint density at radius 3 is 2.62 bits per heavy atom. The number of aliphatic carboxylic acids is 1. The highest BCUT2D eigenvalue weighted by molar-refractivity contribution is 5.70. The van der Waals surface area contributed by atoms with Crippen LogP contribution in [0.25, 0.3) is 0 Å². The number of anilines is 1. The van der Waals surface area contributed by atoms with Gasteiger partial charge >= 0.3 is 5.97 Å². The van der Waals surface area contributed by atoms with Gasteiger partial charge in [-0.15, -0.1) is 0 Å². The van der Waals surface area contributed by atoms with Crippen molar-refractivity contribution >= 4 is 11.8 Å². The first-order valence-corrected chi connectivity index (χ1v) is 7.29. The van der Waals surface area contributed by atoms with Gasteiger partial charge in [-0.05, 0) is 40.5 Å². The summed E-state index contributed by atoms with van der Waals surface area (Å²) in [6.45, 7) is 8.41. The van der Waals surface area contributed by atoms with E-state index in [-0.39, 0.29) is 23.1 Å². The molecule has 1 saturated heterocycles. The molecular formula is C15H23N3O3. The van der Waals surface area contributed by atoms with Crippen molar-refractivity contribution in [3.8, 4) is 0 Å². The predicted molar refractivity (Wildman–Crippen MR) is 80.7 cm³/mol. The third-order valence-corrected chi connectivity index (χ3v) is 4.04. The van der Waals surface area contributed by atoms with Crippen LogP contribution >= 0.6 is 0 Å². The first-order valence-electron chi connectivity index (χ1n) is 7.29. The van der Waals surface area contributed by atoms with Crippen LogP contribution in [0.15, 0.2) is 17.2 Å². The average Bonchev–Trinajstić information content (AvgIpc) is 2.38. The van der Waals surface area contributed by atoms with Crippen LogP contribution in [0.2, 0.25) is 0 Å². The van der Waals surface area contributed by atoms with E-state index in [1.54, 1.807) is 17.0 Å². The largest absolute Gasteiger partial charge is 0.481 e. The smallest absolute Gasteiger partial charge is 0.306 e. The molecule has 116 valence electrons. The van der Waals surface area contributed by atoms with Crippen molar-refractivity contribution in [2.45, 2.75) is 52.1 Å². The maximum atomic E-state index is 12.6. The van der Waals surface area contributed by atoms with E-state index >= 15 is 0 Å². The van der Waals surface area contributed by atoms with Gasteiger partial charge in [-0.1, -0.05) is 0 Å². The van der Waals surface area contributed by atoms with Gasteiger partial charge in [0.05, 0.1) is 5.92 Å². The molecule has 1 aromatic heterocycles. The number of carboxylic acid groups (broad SMARTS) is 1. The third kappa shape index (κ3) is 3.09. The molecule has 6 heteroatoms. The van der Waals surface area contributed by atoms with Gasteiger partial charge in [0.25, 0.3) is 5.56 Å². The fourth-order valence-electron chi connectivity index (χ4n) is 2.84. The number of hydrogen-bond acceptors (Lipinski definition) is 4. The van der Waals surface area contributed by atoms with E-state index in [1.807, 2.05) is 32.6 Å². The van der Waals surface area contributed by atoms with E-state index < -0.39 is 5.97 Å². The molecule has 2 unspecified atom stereocenters. The zero-order valence-corrected chi connectivity index (χ0v) is 13.0. The molecule has 2 rings (SSSR count). The second kappa shape index (κ2) is 5.50. The van der Waals surface area contributed by atoms with Crippen molar-refractivity contribution < 1.29 is 9.90 Å². The molecule has 1 aliphatic heterocycles. The highest BCUT2D eigenvalue weighted by Gasteiger charge is 2.32. The highest BCUT2D eigenvalue weighted by atomic mass is 16.4. The fourth-order valence-corrected chi connectivity index (χ4v) is 2.84. The van der Waals surface area contributed by atoms with Crippen molar-refractivity contribution in [3.05, 3.63) is 22.7 Å². The van der Waals surface area contributed by atoms with Crippen LogP contribution < -0.4 is 10.5 Å². The van der Waals surface area contributed by atoms with Crippen molar-refractivity contribution in [2.75, 3.05) is 11.4 Å². The quantitative estimate of drug-likeness (QED) is 0.898. The van der Waals surface area contributed by atoms with Crippen molar-refractivity contribution in [2.24, 2.45) is 5.92 Å². The Balaban J connectivity index is 2.32. The minimum absolute atomic E-state index is 0.00383. The molecule has 0 bridgehead atoms. The number of rotatable bonds is 2. The van der Waals surface area contributed by atoms with Crippen LogP contribution in [0.5, 0.6) is 0 Å². The average molecular weight is 293 g/mol. The number of piperidine rings is 1. The molecule has 0 radical (unpaired) electrons. The van der Waals surface area contributed by atoms with Crippen LogP contribution in [0, 0.1) is 5.92 Å². The Bertz CT molecular complexity index is 589. The minimum atomic E-state index is -0.755. The summed E-state index contributed by atoms with van der Waals surface area (Å²) < 4.78 is 1.67. The number of carboxylic acids is 1. The van der Waals surface area contributed by atoms with E-state index in [4.69, 9.17) is 5.11 Å². The molecule has 0 spiro atoms. The van der Waals surface area contributed by atoms with Crippen LogP contribution in [-0.2, 0) is 10.3 Å². The summed E-state index contributed by atoms with van der Waals surface area (Å²) in [5.41, 5.74) is -0.428. The van der Waals surface area contributed by atoms with Crippen molar-refractivity contribution in [1.29, 1.82) is 0 Å². The van der Waals surface area contributed by atoms with Crippen LogP contribution in [0.4, 0.5) is 5.82 Å². The van der Waals surface area contributed by atoms with Gasteiger partial charge in [-0.3, -0.25) is 9.59 Å². The lowest BCUT2D eigenvalue weighted by molar-refractivity contribution is -0.142. The molecule has 2 atom stereocenters. The van der Waals surface area contributed by atoms with E-state index in [0.29, 0.717) is 25.2 Å². The normalized spacial score (nSPS) is 23.1. The Labute approximate surface area is 124 Å². The summed E-state index contributed by atoms with van der Waals surface area (Å²) in [7, 11) is 0. The zero-order chi connectivity index (χ0) is 15.8. The van der Waals surface area contributed by atoms with Crippen LogP contribution in [0.1, 0.15) is 40.5 Å². The lowest BCUT2D eigenvalue weighted by Crippen LogP contribution is -2.47. The highest BCUT2D eigenvalue weighted by Crippen LogP contribution is 2.25. The number of aromatic nitrogens is 2. The van der Waals surface area contributed by atoms with Gasteiger partial charge in [0.2, 0.25) is 0 Å². The molecule has 1 aromatic rings. The Kier molecular flexibility index (Phi) is 4.07. The summed E-state index contributed by atoms with van der Waals surface area (Å²) in [5.74, 6) is -0.664. The predicted octanol–water partition coefficient (Wildman–Crippen LogP) is 1.69. The van der Waals surface area contributed by atoms with Gasteiger partial charge in [0.1, 0.15) is 0 Å². The first-order chi connectivity index (χ1) is 9.71. The van der Waals surface area contributed by atoms with Gasteiger partial charge < -0.3 is 14.6 Å². The SMILES string of the molecule is CC1CC(C(=O)O)CCN1c1nccn(C(C)(C)C)c1=O. The Morgan fingerprint density at radius 1 is 1.43 bits per heavy atom. The molecule has 21 heavy (non-hydrogen) atoms. The van der Waals surface area contributed by atoms with Gasteiger partial charge in [-0.25, -0.2) is 4.98 Å². The fraction of sp³-hybridized carbons (Fsp3) is 0.667. The third-order valence-electron chi connectivity index (χ3n) is 4.04. The molecule has 0 saturated carbocycles. The maximum absolute atomic E-state index is 12.6. The summed E-state index contributed by atoms with van der Waals surface area (Å²) in [6, 6.07) is -0.00383. The molecule has 0 amide bonds. The second-order valence-corrected chi connectivity index (χ2v) is 6.70. The topological polar surface area (TPSA) is 75.4 Å². The molecule has 0 aliphatic carbocycles. The van der Waals surface area contributed by atoms with Crippen molar-refractivity contribution in [1.82, 2.24) is 9.55 Å². The molecule has 1 N–H and O–H groups in total. The monoisotopic (exact) mass is 293 g/mol. The molecule has 0 aromatic carbocycles. The van der Waals surface area contributed by atoms with Crippen LogP contribution in [-0.4, -0.2) is 33.2 Å². The summed E-state index contributed by atoms with van der Waals surface area (Å²) in [4.78, 5) is 29.9. The minimum Gasteiger partial charge on any atom is -0.481 e. The van der Waals surface area contributed by atoms with E-state index in [0.717, 1.165) is 0 Å². The lowest BCUT2D eigenvalue weighted by atomic mass is 9.92. The molecule has 1 fully saturated rings. The molecule has 6 nitrogen and oxygen atoms in total. The second-order valence-electron chi connectivity index (χ2n) is 6.70. The number of carbonyl (C=O) groups is 1. The van der Waals surface area contributed by atoms with Gasteiger partial charge in [-0.2, -0.15) is 0 Å². The van der Waals surface area contributed by atoms with Gasteiger partial charge in [0, 0.05) is 30.5 Å². The zero-order valence-electron chi connectivity index (χ0n) is 13.0. The van der Waals surface area contributed by atoms with Crippen LogP contribution in [0.3, 0.4) is 0 Å². The lowest BCUT2D eigenvalue weighted by Gasteiger charge is -2.37. The number of nitrogens with zero attached hydrogens (tertiary/aromatic N) is 3. The molecular weight excluding hydrogens is 270 g/mol. The number of hydrogen-bond donors (Lipinski definition) is 1. The standard InChI is InChI=1S/C15H23N3O3/c1-10-9-11(14(20)21)5-7-17(10)12-13(19)18(8-6-16-12)15(2,3)4/h6,8,10-11H,5,7,9H2,1-4H3,(H,20,21). The molecule has 2 heterocycles. The van der Waals surface area contributed by atoms with Gasteiger partial charge in [0.15, 0.2) is 5.82 Å². The summed E-state index contributed by atoms with van der Waals surface area (Å²) in [6.07, 6.45) is 4.42. The van der Waals surface area contributed by atoms with E-state index in [9.17, 15) is 9.59 Å². The first kappa shape index (κ1) is 15.5. The van der Waals surface area contributed by atoms with E-state index in [2.05, 4.69) is 4.98 Å². The molecule has 1 aliphatic rings. The Hall–Kier alpha value is -1.85. The maximum Gasteiger partial charge on any atom is 0.306 e. The summed E-state index contributed by atoms with van der Waals surface area (Å²) in [5, 5.41) is 9.12. The Morgan fingerprint density at radius 2 is 2.10 bits per heavy atom. The summed E-state index contributed by atoms with van der Waals surface area (Å²) >= 11 is 0. The van der Waals surface area contributed by atoms with E-state index in [1.165, 1.54) is 0 Å². The van der Waals surface area contributed by atoms with Crippen molar-refractivity contribution in [3.63, 3.8) is 0 Å².